The maximum Gasteiger partial charge on any atom is 0.410 e. The zero-order valence-corrected chi connectivity index (χ0v) is 15.3. The molecule has 23 heavy (non-hydrogen) atoms. The molecular weight excluding hydrogens is 295 g/mol. The molecule has 0 aliphatic rings. The van der Waals surface area contributed by atoms with Crippen LogP contribution in [0.25, 0.3) is 0 Å². The normalized spacial score (nSPS) is 12.0. The van der Waals surface area contributed by atoms with E-state index < -0.39 is 5.60 Å². The van der Waals surface area contributed by atoms with E-state index in [1.807, 2.05) is 47.6 Å². The minimum atomic E-state index is -0.535. The van der Waals surface area contributed by atoms with E-state index in [0.29, 0.717) is 18.7 Å². The lowest BCUT2D eigenvalue weighted by Crippen LogP contribution is -2.49. The molecule has 1 aromatic rings. The van der Waals surface area contributed by atoms with Crippen molar-refractivity contribution in [3.05, 3.63) is 29.6 Å². The number of benzene rings is 1. The molecule has 0 fully saturated rings. The first kappa shape index (κ1) is 19.3. The van der Waals surface area contributed by atoms with Gasteiger partial charge in [-0.2, -0.15) is 0 Å². The van der Waals surface area contributed by atoms with Gasteiger partial charge in [0.05, 0.1) is 0 Å². The van der Waals surface area contributed by atoms with Crippen LogP contribution in [0.4, 0.5) is 14.9 Å². The van der Waals surface area contributed by atoms with Crippen LogP contribution in [0, 0.1) is 12.7 Å². The Hall–Kier alpha value is -1.78. The van der Waals surface area contributed by atoms with Gasteiger partial charge in [0.1, 0.15) is 11.4 Å². The van der Waals surface area contributed by atoms with Gasteiger partial charge in [-0.3, -0.25) is 0 Å². The van der Waals surface area contributed by atoms with Crippen LogP contribution in [0.15, 0.2) is 18.2 Å². The number of nitrogens with zero attached hydrogens (tertiary/aromatic N) is 1. The summed E-state index contributed by atoms with van der Waals surface area (Å²) in [5.41, 5.74) is 0.420. The summed E-state index contributed by atoms with van der Waals surface area (Å²) in [6, 6.07) is 4.93. The lowest BCUT2D eigenvalue weighted by atomic mass is 10.1. The maximum absolute atomic E-state index is 13.5. The zero-order chi connectivity index (χ0) is 17.8. The molecule has 130 valence electrons. The molecule has 0 unspecified atom stereocenters. The molecule has 0 saturated carbocycles. The van der Waals surface area contributed by atoms with Crippen LogP contribution >= 0.6 is 0 Å². The average Bonchev–Trinajstić information content (AvgIpc) is 2.35. The molecule has 0 saturated heterocycles. The summed E-state index contributed by atoms with van der Waals surface area (Å²) in [6.07, 6.45) is -0.345. The van der Waals surface area contributed by atoms with Crippen molar-refractivity contribution >= 4 is 11.8 Å². The van der Waals surface area contributed by atoms with Gasteiger partial charge in [0.15, 0.2) is 0 Å². The van der Waals surface area contributed by atoms with Crippen molar-refractivity contribution in [1.82, 2.24) is 4.90 Å². The second-order valence-electron chi connectivity index (χ2n) is 7.64. The quantitative estimate of drug-likeness (QED) is 0.881. The van der Waals surface area contributed by atoms with Crippen LogP contribution < -0.4 is 5.32 Å². The van der Waals surface area contributed by atoms with Crippen LogP contribution in [-0.4, -0.2) is 35.2 Å². The molecule has 1 aromatic carbocycles. The number of anilines is 1. The Labute approximate surface area is 139 Å². The molecule has 0 aromatic heterocycles. The van der Waals surface area contributed by atoms with Crippen LogP contribution in [0.1, 0.15) is 47.1 Å². The first-order chi connectivity index (χ1) is 10.4. The molecule has 0 radical (unpaired) electrons. The Kier molecular flexibility index (Phi) is 6.03. The summed E-state index contributed by atoms with van der Waals surface area (Å²) in [5, 5.41) is 3.18. The first-order valence-electron chi connectivity index (χ1n) is 7.91. The van der Waals surface area contributed by atoms with Crippen molar-refractivity contribution in [2.24, 2.45) is 0 Å². The minimum Gasteiger partial charge on any atom is -0.444 e. The van der Waals surface area contributed by atoms with E-state index in [1.54, 1.807) is 17.9 Å². The van der Waals surface area contributed by atoms with Gasteiger partial charge in [0, 0.05) is 29.9 Å². The molecule has 0 spiro atoms. The number of carbonyl (C=O) groups excluding carboxylic acids is 1. The Morgan fingerprint density at radius 1 is 1.22 bits per heavy atom. The van der Waals surface area contributed by atoms with Crippen LogP contribution in [-0.2, 0) is 4.74 Å². The molecule has 4 nitrogen and oxygen atoms in total. The molecule has 1 amide bonds. The van der Waals surface area contributed by atoms with Crippen molar-refractivity contribution in [2.45, 2.75) is 59.6 Å². The standard InChI is InChI=1S/C18H29FN2O2/c1-13-14(19)9-8-10-15(13)20-11-12-21(17(2,3)4)16(22)23-18(5,6)7/h8-10,20H,11-12H2,1-7H3. The Bertz CT molecular complexity index is 545. The first-order valence-corrected chi connectivity index (χ1v) is 7.91. The Morgan fingerprint density at radius 3 is 2.35 bits per heavy atom. The van der Waals surface area contributed by atoms with Crippen LogP contribution in [0.5, 0.6) is 0 Å². The summed E-state index contributed by atoms with van der Waals surface area (Å²) in [6.45, 7) is 14.1. The molecule has 1 rings (SSSR count). The molecule has 0 bridgehead atoms. The summed E-state index contributed by atoms with van der Waals surface area (Å²) < 4.78 is 19.0. The lowest BCUT2D eigenvalue weighted by Gasteiger charge is -2.37. The highest BCUT2D eigenvalue weighted by Gasteiger charge is 2.30. The van der Waals surface area contributed by atoms with Gasteiger partial charge in [-0.25, -0.2) is 9.18 Å². The maximum atomic E-state index is 13.5. The van der Waals surface area contributed by atoms with Gasteiger partial charge in [-0.1, -0.05) is 6.07 Å². The van der Waals surface area contributed by atoms with Crippen molar-refractivity contribution in [3.8, 4) is 0 Å². The number of ether oxygens (including phenoxy) is 1. The van der Waals surface area contributed by atoms with Crippen molar-refractivity contribution < 1.29 is 13.9 Å². The Morgan fingerprint density at radius 2 is 1.83 bits per heavy atom. The predicted octanol–water partition coefficient (Wildman–Crippen LogP) is 4.58. The van der Waals surface area contributed by atoms with Crippen molar-refractivity contribution in [3.63, 3.8) is 0 Å². The van der Waals surface area contributed by atoms with Gasteiger partial charge in [-0.05, 0) is 60.6 Å². The fourth-order valence-electron chi connectivity index (χ4n) is 2.12. The predicted molar refractivity (Wildman–Crippen MR) is 92.3 cm³/mol. The van der Waals surface area contributed by atoms with Crippen molar-refractivity contribution in [2.75, 3.05) is 18.4 Å². The van der Waals surface area contributed by atoms with E-state index >= 15 is 0 Å². The zero-order valence-electron chi connectivity index (χ0n) is 15.3. The second-order valence-corrected chi connectivity index (χ2v) is 7.64. The minimum absolute atomic E-state index is 0.241. The number of carbonyl (C=O) groups is 1. The van der Waals surface area contributed by atoms with Crippen molar-refractivity contribution in [1.29, 1.82) is 0 Å². The number of hydrogen-bond donors (Lipinski definition) is 1. The van der Waals surface area contributed by atoms with Crippen LogP contribution in [0.3, 0.4) is 0 Å². The van der Waals surface area contributed by atoms with Crippen LogP contribution in [0.2, 0.25) is 0 Å². The smallest absolute Gasteiger partial charge is 0.410 e. The highest BCUT2D eigenvalue weighted by atomic mass is 19.1. The third-order valence-corrected chi connectivity index (χ3v) is 3.34. The number of rotatable bonds is 4. The van der Waals surface area contributed by atoms with E-state index in [2.05, 4.69) is 5.32 Å². The van der Waals surface area contributed by atoms with Gasteiger partial charge < -0.3 is 15.0 Å². The van der Waals surface area contributed by atoms with Gasteiger partial charge in [-0.15, -0.1) is 0 Å². The summed E-state index contributed by atoms with van der Waals surface area (Å²) in [5.74, 6) is -0.241. The lowest BCUT2D eigenvalue weighted by molar-refractivity contribution is 0.00749. The summed E-state index contributed by atoms with van der Waals surface area (Å²) in [4.78, 5) is 14.1. The fraction of sp³-hybridized carbons (Fsp3) is 0.611. The van der Waals surface area contributed by atoms with E-state index in [0.717, 1.165) is 5.69 Å². The molecule has 1 N–H and O–H groups in total. The third kappa shape index (κ3) is 6.08. The summed E-state index contributed by atoms with van der Waals surface area (Å²) in [7, 11) is 0. The summed E-state index contributed by atoms with van der Waals surface area (Å²) >= 11 is 0. The number of hydrogen-bond acceptors (Lipinski definition) is 3. The fourth-order valence-corrected chi connectivity index (χ4v) is 2.12. The largest absolute Gasteiger partial charge is 0.444 e. The molecule has 0 heterocycles. The van der Waals surface area contributed by atoms with Gasteiger partial charge in [0.25, 0.3) is 0 Å². The molecule has 5 heteroatoms. The van der Waals surface area contributed by atoms with Gasteiger partial charge in [0.2, 0.25) is 0 Å². The monoisotopic (exact) mass is 324 g/mol. The van der Waals surface area contributed by atoms with E-state index in [9.17, 15) is 9.18 Å². The molecule has 0 aliphatic heterocycles. The number of amides is 1. The topological polar surface area (TPSA) is 41.6 Å². The number of halogens is 1. The van der Waals surface area contributed by atoms with E-state index in [-0.39, 0.29) is 17.4 Å². The molecular formula is C18H29FN2O2. The SMILES string of the molecule is Cc1c(F)cccc1NCCN(C(=O)OC(C)(C)C)C(C)(C)C. The molecule has 0 aliphatic carbocycles. The van der Waals surface area contributed by atoms with Gasteiger partial charge >= 0.3 is 6.09 Å². The van der Waals surface area contributed by atoms with E-state index in [1.165, 1.54) is 6.07 Å². The van der Waals surface area contributed by atoms with E-state index in [4.69, 9.17) is 4.74 Å². The third-order valence-electron chi connectivity index (χ3n) is 3.34. The highest BCUT2D eigenvalue weighted by Crippen LogP contribution is 2.20. The highest BCUT2D eigenvalue weighted by molar-refractivity contribution is 5.69. The Balaban J connectivity index is 2.72. The number of nitrogens with one attached hydrogen (secondary N) is 1. The molecule has 0 atom stereocenters. The average molecular weight is 324 g/mol. The second kappa shape index (κ2) is 7.20.